The molecule has 0 N–H and O–H groups in total. The summed E-state index contributed by atoms with van der Waals surface area (Å²) in [4.78, 5) is 15.6. The first-order valence-corrected chi connectivity index (χ1v) is 23.2. The van der Waals surface area contributed by atoms with E-state index in [4.69, 9.17) is 19.7 Å². The average Bonchev–Trinajstić information content (AvgIpc) is 3.98. The number of aromatic nitrogens is 4. The molecule has 1 aliphatic carbocycles. The summed E-state index contributed by atoms with van der Waals surface area (Å²) >= 11 is 0. The van der Waals surface area contributed by atoms with Crippen molar-refractivity contribution >= 4 is 17.0 Å². The zero-order valence-corrected chi connectivity index (χ0v) is 36.9. The summed E-state index contributed by atoms with van der Waals surface area (Å²) in [6, 6.07) is 81.1. The summed E-state index contributed by atoms with van der Waals surface area (Å²) in [5, 5.41) is 1.18. The zero-order valence-electron chi connectivity index (χ0n) is 36.9. The molecule has 68 heavy (non-hydrogen) atoms. The van der Waals surface area contributed by atoms with E-state index in [1.807, 2.05) is 12.1 Å². The van der Waals surface area contributed by atoms with Gasteiger partial charge in [0.2, 0.25) is 0 Å². The number of benzene rings is 9. The molecular weight excluding hydrogens is 829 g/mol. The van der Waals surface area contributed by atoms with Crippen molar-refractivity contribution in [3.8, 4) is 90.1 Å². The van der Waals surface area contributed by atoms with Crippen LogP contribution in [0.25, 0.3) is 101 Å². The van der Waals surface area contributed by atoms with Crippen LogP contribution in [-0.4, -0.2) is 19.5 Å². The topological polar surface area (TPSA) is 52.8 Å². The minimum Gasteiger partial charge on any atom is -0.484 e. The predicted octanol–water partition coefficient (Wildman–Crippen LogP) is 15.7. The van der Waals surface area contributed by atoms with E-state index in [0.29, 0.717) is 17.5 Å². The summed E-state index contributed by atoms with van der Waals surface area (Å²) in [5.41, 5.74) is 17.7. The number of hydrogen-bond donors (Lipinski definition) is 0. The molecular formula is C63H42N4O. The van der Waals surface area contributed by atoms with Gasteiger partial charge in [0.1, 0.15) is 11.9 Å². The number of fused-ring (bicyclic) bond motifs is 7. The molecule has 0 amide bonds. The molecule has 0 fully saturated rings. The Bertz CT molecular complexity index is 3570. The van der Waals surface area contributed by atoms with Crippen LogP contribution < -0.4 is 4.74 Å². The van der Waals surface area contributed by atoms with E-state index in [1.165, 1.54) is 33.2 Å². The molecule has 13 rings (SSSR count). The van der Waals surface area contributed by atoms with E-state index in [2.05, 4.69) is 235 Å². The largest absolute Gasteiger partial charge is 0.484 e. The monoisotopic (exact) mass is 870 g/mol. The summed E-state index contributed by atoms with van der Waals surface area (Å²) in [6.45, 7) is 0. The van der Waals surface area contributed by atoms with E-state index >= 15 is 0 Å². The molecule has 5 heteroatoms. The fourth-order valence-corrected chi connectivity index (χ4v) is 10.1. The lowest BCUT2D eigenvalue weighted by atomic mass is 9.85. The van der Waals surface area contributed by atoms with Gasteiger partial charge in [-0.15, -0.1) is 0 Å². The number of para-hydroxylation sites is 2. The van der Waals surface area contributed by atoms with Crippen molar-refractivity contribution in [3.63, 3.8) is 0 Å². The maximum absolute atomic E-state index is 7.26. The maximum Gasteiger partial charge on any atom is 0.167 e. The molecule has 2 atom stereocenters. The standard InChI is InChI=1S/C63H42N4O/c1-4-14-41(15-5-1)44-26-30-47(31-27-44)61-64-62(48-32-28-45(29-33-48)42-16-6-2-7-17-42)66-63(65-61)55-24-13-23-52-53-38-39-57-58(60(53)68-59(52)55)54-22-10-11-25-56(54)67(57)51-36-34-46(35-37-51)50-21-12-20-49(40-50)43-18-8-3-9-19-43/h1-40,53,60H. The molecule has 2 unspecified atom stereocenters. The van der Waals surface area contributed by atoms with Crippen LogP contribution in [0.5, 0.6) is 5.75 Å². The smallest absolute Gasteiger partial charge is 0.167 e. The maximum atomic E-state index is 7.26. The van der Waals surface area contributed by atoms with Crippen molar-refractivity contribution in [3.05, 3.63) is 253 Å². The molecule has 0 saturated carbocycles. The van der Waals surface area contributed by atoms with Gasteiger partial charge in [0.05, 0.1) is 16.8 Å². The van der Waals surface area contributed by atoms with Crippen molar-refractivity contribution in [2.45, 2.75) is 12.0 Å². The van der Waals surface area contributed by atoms with Gasteiger partial charge in [-0.2, -0.15) is 0 Å². The lowest BCUT2D eigenvalue weighted by molar-refractivity contribution is 0.225. The first kappa shape index (κ1) is 39.4. The molecule has 0 spiro atoms. The first-order chi connectivity index (χ1) is 33.7. The van der Waals surface area contributed by atoms with Gasteiger partial charge in [-0.3, -0.25) is 0 Å². The second kappa shape index (κ2) is 16.5. The fraction of sp³-hybridized carbons (Fsp3) is 0.0317. The van der Waals surface area contributed by atoms with E-state index in [1.54, 1.807) is 0 Å². The fourth-order valence-electron chi connectivity index (χ4n) is 10.1. The van der Waals surface area contributed by atoms with Crippen molar-refractivity contribution in [2.24, 2.45) is 0 Å². The Labute approximate surface area is 395 Å². The summed E-state index contributed by atoms with van der Waals surface area (Å²) < 4.78 is 9.64. The third-order valence-corrected chi connectivity index (χ3v) is 13.5. The summed E-state index contributed by atoms with van der Waals surface area (Å²) in [7, 11) is 0. The highest BCUT2D eigenvalue weighted by Crippen LogP contribution is 2.55. The highest BCUT2D eigenvalue weighted by molar-refractivity contribution is 5.92. The third kappa shape index (κ3) is 6.92. The Balaban J connectivity index is 0.877. The Morgan fingerprint density at radius 3 is 1.44 bits per heavy atom. The van der Waals surface area contributed by atoms with E-state index in [9.17, 15) is 0 Å². The van der Waals surface area contributed by atoms with Crippen LogP contribution in [-0.2, 0) is 0 Å². The minimum absolute atomic E-state index is 0.00723. The van der Waals surface area contributed by atoms with Gasteiger partial charge in [-0.25, -0.2) is 15.0 Å². The van der Waals surface area contributed by atoms with Crippen molar-refractivity contribution in [1.29, 1.82) is 0 Å². The van der Waals surface area contributed by atoms with Gasteiger partial charge < -0.3 is 9.30 Å². The molecule has 2 aliphatic rings. The summed E-state index contributed by atoms with van der Waals surface area (Å²) in [6.07, 6.45) is 4.36. The zero-order chi connectivity index (χ0) is 45.0. The van der Waals surface area contributed by atoms with E-state index in [0.717, 1.165) is 67.2 Å². The van der Waals surface area contributed by atoms with Gasteiger partial charge in [0.25, 0.3) is 0 Å². The van der Waals surface area contributed by atoms with Crippen LogP contribution in [0.1, 0.15) is 28.8 Å². The molecule has 5 nitrogen and oxygen atoms in total. The molecule has 0 radical (unpaired) electrons. The van der Waals surface area contributed by atoms with Crippen LogP contribution in [0.3, 0.4) is 0 Å². The Kier molecular flexibility index (Phi) is 9.57. The van der Waals surface area contributed by atoms with Crippen LogP contribution in [0.2, 0.25) is 0 Å². The Hall–Kier alpha value is -8.93. The molecule has 2 aromatic heterocycles. The van der Waals surface area contributed by atoms with Crippen LogP contribution in [0, 0.1) is 0 Å². The highest BCUT2D eigenvalue weighted by atomic mass is 16.5. The third-order valence-electron chi connectivity index (χ3n) is 13.5. The molecule has 9 aromatic carbocycles. The normalized spacial score (nSPS) is 14.5. The predicted molar refractivity (Wildman–Crippen MR) is 276 cm³/mol. The number of ether oxygens (including phenoxy) is 1. The number of rotatable bonds is 8. The van der Waals surface area contributed by atoms with Crippen molar-refractivity contribution in [2.75, 3.05) is 0 Å². The van der Waals surface area contributed by atoms with Gasteiger partial charge in [-0.05, 0) is 80.9 Å². The average molecular weight is 871 g/mol. The lowest BCUT2D eigenvalue weighted by Gasteiger charge is -2.22. The molecule has 0 bridgehead atoms. The first-order valence-electron chi connectivity index (χ1n) is 23.2. The number of hydrogen-bond acceptors (Lipinski definition) is 4. The molecule has 1 aliphatic heterocycles. The second-order valence-corrected chi connectivity index (χ2v) is 17.5. The molecule has 3 heterocycles. The highest BCUT2D eigenvalue weighted by Gasteiger charge is 2.41. The Morgan fingerprint density at radius 1 is 0.382 bits per heavy atom. The van der Waals surface area contributed by atoms with E-state index in [-0.39, 0.29) is 12.0 Å². The molecule has 0 saturated heterocycles. The Morgan fingerprint density at radius 2 is 0.838 bits per heavy atom. The minimum atomic E-state index is -0.242. The van der Waals surface area contributed by atoms with Crippen molar-refractivity contribution in [1.82, 2.24) is 19.5 Å². The van der Waals surface area contributed by atoms with Gasteiger partial charge >= 0.3 is 0 Å². The molecule has 320 valence electrons. The molecule has 11 aromatic rings. The van der Waals surface area contributed by atoms with Gasteiger partial charge in [0, 0.05) is 39.2 Å². The van der Waals surface area contributed by atoms with E-state index < -0.39 is 0 Å². The SMILES string of the molecule is C1=CC2c3cccc(-c4nc(-c5ccc(-c6ccccc6)cc5)nc(-c5ccc(-c6ccccc6)cc5)n4)c3OC2c2c1n(-c1ccc(-c3cccc(-c4ccccc4)c3)cc1)c1ccccc21. The number of nitrogens with zero attached hydrogens (tertiary/aromatic N) is 4. The quantitative estimate of drug-likeness (QED) is 0.153. The van der Waals surface area contributed by atoms with Gasteiger partial charge in [-0.1, -0.05) is 206 Å². The van der Waals surface area contributed by atoms with Crippen LogP contribution in [0.4, 0.5) is 0 Å². The summed E-state index contributed by atoms with van der Waals surface area (Å²) in [5.74, 6) is 2.59. The second-order valence-electron chi connectivity index (χ2n) is 17.5. The van der Waals surface area contributed by atoms with Crippen molar-refractivity contribution < 1.29 is 4.74 Å². The van der Waals surface area contributed by atoms with Gasteiger partial charge in [0.15, 0.2) is 17.5 Å². The van der Waals surface area contributed by atoms with Crippen LogP contribution >= 0.6 is 0 Å². The van der Waals surface area contributed by atoms with Crippen LogP contribution in [0.15, 0.2) is 237 Å². The lowest BCUT2D eigenvalue weighted by Crippen LogP contribution is -2.13.